The number of carboxylic acids is 1. The van der Waals surface area contributed by atoms with E-state index in [9.17, 15) is 24.3 Å². The third-order valence-corrected chi connectivity index (χ3v) is 7.50. The maximum atomic E-state index is 13.7. The molecule has 0 bridgehead atoms. The summed E-state index contributed by atoms with van der Waals surface area (Å²) in [6.45, 7) is 4.32. The number of hydrogen-bond donors (Lipinski definition) is 7. The first-order valence-electron chi connectivity index (χ1n) is 13.7. The second kappa shape index (κ2) is 13.2. The third kappa shape index (κ3) is 7.06. The van der Waals surface area contributed by atoms with Crippen molar-refractivity contribution < 1.29 is 24.3 Å². The van der Waals surface area contributed by atoms with Crippen LogP contribution < -0.4 is 21.3 Å². The van der Waals surface area contributed by atoms with Crippen molar-refractivity contribution in [3.8, 4) is 0 Å². The zero-order valence-electron chi connectivity index (χ0n) is 22.7. The summed E-state index contributed by atoms with van der Waals surface area (Å²) in [5.74, 6) is -2.94. The number of imidazole rings is 1. The number of H-pyrrole nitrogens is 2. The number of carboxylic acid groups (broad SMARTS) is 1. The van der Waals surface area contributed by atoms with E-state index in [2.05, 4.69) is 36.2 Å². The minimum Gasteiger partial charge on any atom is -0.480 e. The van der Waals surface area contributed by atoms with Crippen LogP contribution in [0, 0.1) is 5.92 Å². The molecule has 3 aromatic rings. The second-order valence-corrected chi connectivity index (χ2v) is 10.3. The van der Waals surface area contributed by atoms with E-state index in [-0.39, 0.29) is 24.7 Å². The SMILES string of the molecule is CCC(C)C(NC(=O)C(Cc1c[nH]c2ccccc12)NC(=O)C(Cc1cnc[nH]1)NC(=O)C1CCCN1)C(=O)O. The van der Waals surface area contributed by atoms with E-state index in [1.165, 1.54) is 6.33 Å². The van der Waals surface area contributed by atoms with Gasteiger partial charge in [0.25, 0.3) is 0 Å². The summed E-state index contributed by atoms with van der Waals surface area (Å²) in [5, 5.41) is 22.0. The van der Waals surface area contributed by atoms with Crippen LogP contribution in [0.1, 0.15) is 44.4 Å². The molecule has 12 heteroatoms. The summed E-state index contributed by atoms with van der Waals surface area (Å²) in [4.78, 5) is 62.1. The molecule has 1 saturated heterocycles. The van der Waals surface area contributed by atoms with Gasteiger partial charge in [-0.3, -0.25) is 14.4 Å². The molecule has 0 saturated carbocycles. The van der Waals surface area contributed by atoms with Crippen LogP contribution in [0.4, 0.5) is 0 Å². The molecule has 1 fully saturated rings. The lowest BCUT2D eigenvalue weighted by molar-refractivity contribution is -0.143. The highest BCUT2D eigenvalue weighted by molar-refractivity contribution is 5.95. The van der Waals surface area contributed by atoms with Crippen molar-refractivity contribution in [3.63, 3.8) is 0 Å². The number of benzene rings is 1. The summed E-state index contributed by atoms with van der Waals surface area (Å²) in [7, 11) is 0. The van der Waals surface area contributed by atoms with Crippen molar-refractivity contribution >= 4 is 34.6 Å². The Bertz CT molecular complexity index is 1320. The van der Waals surface area contributed by atoms with Gasteiger partial charge in [-0.25, -0.2) is 9.78 Å². The number of nitrogens with zero attached hydrogens (tertiary/aromatic N) is 1. The molecule has 40 heavy (non-hydrogen) atoms. The number of para-hydroxylation sites is 1. The maximum Gasteiger partial charge on any atom is 0.326 e. The predicted molar refractivity (Wildman–Crippen MR) is 148 cm³/mol. The molecule has 0 radical (unpaired) electrons. The highest BCUT2D eigenvalue weighted by Gasteiger charge is 2.33. The van der Waals surface area contributed by atoms with E-state index in [4.69, 9.17) is 0 Å². The fourth-order valence-electron chi connectivity index (χ4n) is 4.95. The molecule has 2 aromatic heterocycles. The summed E-state index contributed by atoms with van der Waals surface area (Å²) in [5.41, 5.74) is 2.30. The first-order valence-corrected chi connectivity index (χ1v) is 13.7. The molecule has 0 aliphatic carbocycles. The number of fused-ring (bicyclic) bond motifs is 1. The van der Waals surface area contributed by atoms with Crippen molar-refractivity contribution in [2.75, 3.05) is 6.54 Å². The number of aromatic nitrogens is 3. The van der Waals surface area contributed by atoms with Gasteiger partial charge >= 0.3 is 5.97 Å². The average Bonchev–Trinajstić information content (AvgIpc) is 3.73. The average molecular weight is 552 g/mol. The Hall–Kier alpha value is -4.19. The Morgan fingerprint density at radius 1 is 1.05 bits per heavy atom. The zero-order chi connectivity index (χ0) is 28.6. The van der Waals surface area contributed by atoms with Gasteiger partial charge < -0.3 is 36.3 Å². The van der Waals surface area contributed by atoms with Gasteiger partial charge in [-0.05, 0) is 36.9 Å². The lowest BCUT2D eigenvalue weighted by Crippen LogP contribution is -2.58. The fraction of sp³-hybridized carbons (Fsp3) is 0.464. The van der Waals surface area contributed by atoms with E-state index in [0.717, 1.165) is 29.4 Å². The molecule has 3 amide bonds. The molecule has 214 valence electrons. The number of aromatic amines is 2. The monoisotopic (exact) mass is 551 g/mol. The number of rotatable bonds is 13. The van der Waals surface area contributed by atoms with Gasteiger partial charge in [0.2, 0.25) is 17.7 Å². The van der Waals surface area contributed by atoms with Crippen molar-refractivity contribution in [3.05, 3.63) is 54.2 Å². The lowest BCUT2D eigenvalue weighted by Gasteiger charge is -2.26. The molecule has 12 nitrogen and oxygen atoms in total. The smallest absolute Gasteiger partial charge is 0.326 e. The molecular weight excluding hydrogens is 514 g/mol. The molecule has 5 unspecified atom stereocenters. The molecular formula is C28H37N7O5. The topological polar surface area (TPSA) is 181 Å². The van der Waals surface area contributed by atoms with Gasteiger partial charge in [-0.15, -0.1) is 0 Å². The number of aliphatic carboxylic acids is 1. The number of carbonyl (C=O) groups excluding carboxylic acids is 3. The maximum absolute atomic E-state index is 13.7. The fourth-order valence-corrected chi connectivity index (χ4v) is 4.95. The molecule has 7 N–H and O–H groups in total. The second-order valence-electron chi connectivity index (χ2n) is 10.3. The minimum absolute atomic E-state index is 0.114. The molecule has 1 aliphatic heterocycles. The normalized spacial score (nSPS) is 18.0. The van der Waals surface area contributed by atoms with Crippen LogP contribution >= 0.6 is 0 Å². The predicted octanol–water partition coefficient (Wildman–Crippen LogP) is 1.01. The van der Waals surface area contributed by atoms with Crippen LogP contribution in [0.5, 0.6) is 0 Å². The standard InChI is InChI=1S/C28H37N7O5/c1-3-16(2)24(28(39)40)35-27(38)22(11-17-13-31-20-8-5-4-7-19(17)20)33-26(37)23(12-18-14-29-15-32-18)34-25(36)21-9-6-10-30-21/h4-5,7-8,13-16,21-24,30-31H,3,6,9-12H2,1-2H3,(H,29,32)(H,33,37)(H,34,36)(H,35,38)(H,39,40). The Morgan fingerprint density at radius 3 is 2.48 bits per heavy atom. The molecule has 5 atom stereocenters. The van der Waals surface area contributed by atoms with Gasteiger partial charge in [-0.2, -0.15) is 0 Å². The Balaban J connectivity index is 1.58. The first-order chi connectivity index (χ1) is 19.3. The number of hydrogen-bond acceptors (Lipinski definition) is 6. The minimum atomic E-state index is -1.15. The quantitative estimate of drug-likeness (QED) is 0.165. The summed E-state index contributed by atoms with van der Waals surface area (Å²) in [6.07, 6.45) is 7.16. The van der Waals surface area contributed by atoms with Gasteiger partial charge in [0, 0.05) is 41.8 Å². The largest absolute Gasteiger partial charge is 0.480 e. The van der Waals surface area contributed by atoms with Crippen molar-refractivity contribution in [1.82, 2.24) is 36.2 Å². The highest BCUT2D eigenvalue weighted by Crippen LogP contribution is 2.20. The summed E-state index contributed by atoms with van der Waals surface area (Å²) < 4.78 is 0. The Morgan fingerprint density at radius 2 is 1.80 bits per heavy atom. The molecule has 3 heterocycles. The van der Waals surface area contributed by atoms with Crippen LogP contribution in [0.3, 0.4) is 0 Å². The van der Waals surface area contributed by atoms with Crippen molar-refractivity contribution in [2.45, 2.75) is 70.1 Å². The molecule has 1 aromatic carbocycles. The van der Waals surface area contributed by atoms with Crippen molar-refractivity contribution in [2.24, 2.45) is 5.92 Å². The van der Waals surface area contributed by atoms with E-state index >= 15 is 0 Å². The van der Waals surface area contributed by atoms with Crippen LogP contribution in [0.25, 0.3) is 10.9 Å². The van der Waals surface area contributed by atoms with Gasteiger partial charge in [-0.1, -0.05) is 38.5 Å². The van der Waals surface area contributed by atoms with Gasteiger partial charge in [0.1, 0.15) is 18.1 Å². The first kappa shape index (κ1) is 28.8. The molecule has 4 rings (SSSR count). The zero-order valence-corrected chi connectivity index (χ0v) is 22.7. The van der Waals surface area contributed by atoms with E-state index in [1.54, 1.807) is 19.3 Å². The van der Waals surface area contributed by atoms with E-state index in [1.807, 2.05) is 31.2 Å². The lowest BCUT2D eigenvalue weighted by atomic mass is 9.97. The number of carbonyl (C=O) groups is 4. The summed E-state index contributed by atoms with van der Waals surface area (Å²) >= 11 is 0. The van der Waals surface area contributed by atoms with E-state index < -0.39 is 42.0 Å². The van der Waals surface area contributed by atoms with Crippen LogP contribution in [-0.2, 0) is 32.0 Å². The number of nitrogens with one attached hydrogen (secondary N) is 6. The van der Waals surface area contributed by atoms with Gasteiger partial charge in [0.15, 0.2) is 0 Å². The number of amides is 3. The van der Waals surface area contributed by atoms with E-state index in [0.29, 0.717) is 18.5 Å². The Labute approximate surface area is 232 Å². The molecule has 0 spiro atoms. The molecule has 1 aliphatic rings. The summed E-state index contributed by atoms with van der Waals surface area (Å²) in [6, 6.07) is 3.99. The van der Waals surface area contributed by atoms with Crippen LogP contribution in [-0.4, -0.2) is 74.5 Å². The Kier molecular flexibility index (Phi) is 9.54. The van der Waals surface area contributed by atoms with Crippen LogP contribution in [0.2, 0.25) is 0 Å². The van der Waals surface area contributed by atoms with Crippen LogP contribution in [0.15, 0.2) is 43.0 Å². The highest BCUT2D eigenvalue weighted by atomic mass is 16.4. The van der Waals surface area contributed by atoms with Gasteiger partial charge in [0.05, 0.1) is 12.4 Å². The third-order valence-electron chi connectivity index (χ3n) is 7.50. The van der Waals surface area contributed by atoms with Crippen molar-refractivity contribution in [1.29, 1.82) is 0 Å².